The van der Waals surface area contributed by atoms with Crippen LogP contribution in [0.1, 0.15) is 33.6 Å². The molecule has 0 unspecified atom stereocenters. The lowest BCUT2D eigenvalue weighted by Crippen LogP contribution is -2.19. The molecule has 40 heavy (non-hydrogen) atoms. The molecule has 2 aromatic carbocycles. The van der Waals surface area contributed by atoms with Crippen LogP contribution in [-0.2, 0) is 6.42 Å². The smallest absolute Gasteiger partial charge is 0.276 e. The standard InChI is InChI=1S/C31H32N8O/c1-18-4-8-24-23(14-18)20(3)27(36-24)28-29(35-17-34-28)30(40)39-31-37-25-9-7-21(15-26(25)38-31)6-5-19(2)33-16-22-10-12-32-13-11-22/h4,7-12,14-15,17,32-33,36H,2,5-6,13,16H2,1,3H3,(H,34,35)(H2,37,38,39,40). The van der Waals surface area contributed by atoms with E-state index in [9.17, 15) is 4.79 Å². The predicted molar refractivity (Wildman–Crippen MR) is 160 cm³/mol. The van der Waals surface area contributed by atoms with Gasteiger partial charge in [0.2, 0.25) is 5.95 Å². The number of H-pyrrole nitrogens is 3. The van der Waals surface area contributed by atoms with Crippen molar-refractivity contribution in [2.45, 2.75) is 26.7 Å². The Balaban J connectivity index is 1.12. The van der Waals surface area contributed by atoms with Gasteiger partial charge in [0.05, 0.1) is 23.1 Å². The molecule has 0 atom stereocenters. The van der Waals surface area contributed by atoms with Crippen LogP contribution < -0.4 is 16.0 Å². The number of fused-ring (bicyclic) bond motifs is 2. The van der Waals surface area contributed by atoms with E-state index in [0.717, 1.165) is 64.8 Å². The topological polar surface area (TPSA) is 126 Å². The maximum atomic E-state index is 13.3. The molecule has 1 aliphatic heterocycles. The number of carbonyl (C=O) groups is 1. The minimum absolute atomic E-state index is 0.318. The minimum Gasteiger partial charge on any atom is -0.387 e. The van der Waals surface area contributed by atoms with Crippen LogP contribution in [0.25, 0.3) is 33.3 Å². The highest BCUT2D eigenvalue weighted by atomic mass is 16.2. The highest BCUT2D eigenvalue weighted by molar-refractivity contribution is 6.07. The fraction of sp³-hybridized carbons (Fsp3) is 0.194. The Morgan fingerprint density at radius 1 is 1.10 bits per heavy atom. The fourth-order valence-electron chi connectivity index (χ4n) is 5.01. The Labute approximate surface area is 231 Å². The first-order valence-electron chi connectivity index (χ1n) is 13.4. The van der Waals surface area contributed by atoms with Gasteiger partial charge in [-0.3, -0.25) is 10.1 Å². The minimum atomic E-state index is -0.318. The molecule has 0 fully saturated rings. The number of imidazole rings is 2. The second-order valence-electron chi connectivity index (χ2n) is 10.2. The number of nitrogens with zero attached hydrogens (tertiary/aromatic N) is 2. The Morgan fingerprint density at radius 3 is 2.85 bits per heavy atom. The van der Waals surface area contributed by atoms with Crippen LogP contribution in [-0.4, -0.2) is 43.9 Å². The van der Waals surface area contributed by atoms with E-state index in [1.807, 2.05) is 25.3 Å². The van der Waals surface area contributed by atoms with E-state index >= 15 is 0 Å². The first-order valence-corrected chi connectivity index (χ1v) is 13.4. The molecule has 0 spiro atoms. The maximum absolute atomic E-state index is 13.3. The van der Waals surface area contributed by atoms with Crippen molar-refractivity contribution in [2.75, 3.05) is 18.4 Å². The van der Waals surface area contributed by atoms with Crippen LogP contribution in [0.5, 0.6) is 0 Å². The molecule has 1 amide bonds. The number of rotatable bonds is 9. The average Bonchev–Trinajstić information content (AvgIpc) is 3.68. The highest BCUT2D eigenvalue weighted by Gasteiger charge is 2.21. The summed E-state index contributed by atoms with van der Waals surface area (Å²) in [4.78, 5) is 31.9. The number of aryl methyl sites for hydroxylation is 3. The lowest BCUT2D eigenvalue weighted by atomic mass is 10.1. The normalized spacial score (nSPS) is 12.9. The second kappa shape index (κ2) is 10.6. The summed E-state index contributed by atoms with van der Waals surface area (Å²) in [5.41, 5.74) is 10.1. The summed E-state index contributed by atoms with van der Waals surface area (Å²) in [5.74, 6) is 0.0677. The summed E-state index contributed by atoms with van der Waals surface area (Å²) in [7, 11) is 0. The van der Waals surface area contributed by atoms with Crippen LogP contribution in [0, 0.1) is 13.8 Å². The molecule has 9 nitrogen and oxygen atoms in total. The molecule has 0 bridgehead atoms. The summed E-state index contributed by atoms with van der Waals surface area (Å²) in [5, 5.41) is 10.6. The lowest BCUT2D eigenvalue weighted by Gasteiger charge is -2.12. The molecule has 4 heterocycles. The van der Waals surface area contributed by atoms with Crippen molar-refractivity contribution in [1.82, 2.24) is 35.6 Å². The van der Waals surface area contributed by atoms with Crippen LogP contribution in [0.4, 0.5) is 5.95 Å². The predicted octanol–water partition coefficient (Wildman–Crippen LogP) is 5.38. The molecule has 6 rings (SSSR count). The third-order valence-corrected chi connectivity index (χ3v) is 7.25. The van der Waals surface area contributed by atoms with Gasteiger partial charge in [0.1, 0.15) is 11.4 Å². The second-order valence-corrected chi connectivity index (χ2v) is 10.2. The van der Waals surface area contributed by atoms with Crippen molar-refractivity contribution in [1.29, 1.82) is 0 Å². The van der Waals surface area contributed by atoms with Crippen molar-refractivity contribution in [3.63, 3.8) is 0 Å². The quantitative estimate of drug-likeness (QED) is 0.152. The zero-order valence-electron chi connectivity index (χ0n) is 22.6. The number of carbonyl (C=O) groups excluding carboxylic acids is 1. The number of benzene rings is 2. The number of hydrogen-bond acceptors (Lipinski definition) is 5. The van der Waals surface area contributed by atoms with Gasteiger partial charge in [-0.15, -0.1) is 0 Å². The molecule has 6 N–H and O–H groups in total. The van der Waals surface area contributed by atoms with Gasteiger partial charge >= 0.3 is 0 Å². The number of anilines is 1. The molecular formula is C31H32N8O. The summed E-state index contributed by atoms with van der Waals surface area (Å²) >= 11 is 0. The molecule has 0 aliphatic carbocycles. The zero-order chi connectivity index (χ0) is 27.6. The SMILES string of the molecule is C=C(CCc1ccc2nc(NC(=O)c3[nH]cnc3-c3[nH]c4ccc(C)cc4c3C)[nH]c2c1)NCC1=CCNC=C1. The van der Waals surface area contributed by atoms with Crippen molar-refractivity contribution in [3.05, 3.63) is 101 Å². The fourth-order valence-corrected chi connectivity index (χ4v) is 5.01. The van der Waals surface area contributed by atoms with Crippen LogP contribution >= 0.6 is 0 Å². The van der Waals surface area contributed by atoms with Crippen LogP contribution in [0.15, 0.2) is 78.9 Å². The summed E-state index contributed by atoms with van der Waals surface area (Å²) < 4.78 is 0. The summed E-state index contributed by atoms with van der Waals surface area (Å²) in [6.45, 7) is 9.91. The zero-order valence-corrected chi connectivity index (χ0v) is 22.6. The summed E-state index contributed by atoms with van der Waals surface area (Å²) in [6.07, 6.45) is 9.42. The van der Waals surface area contributed by atoms with Crippen molar-refractivity contribution < 1.29 is 4.79 Å². The van der Waals surface area contributed by atoms with Crippen LogP contribution in [0.3, 0.4) is 0 Å². The number of dihydropyridines is 1. The van der Waals surface area contributed by atoms with Gasteiger partial charge in [-0.25, -0.2) is 9.97 Å². The first kappa shape index (κ1) is 25.2. The van der Waals surface area contributed by atoms with E-state index in [2.05, 4.69) is 90.8 Å². The molecule has 0 saturated carbocycles. The Kier molecular flexibility index (Phi) is 6.69. The van der Waals surface area contributed by atoms with E-state index in [1.54, 1.807) is 0 Å². The highest BCUT2D eigenvalue weighted by Crippen LogP contribution is 2.31. The molecule has 1 aliphatic rings. The van der Waals surface area contributed by atoms with E-state index in [1.165, 1.54) is 23.0 Å². The van der Waals surface area contributed by atoms with Gasteiger partial charge in [-0.2, -0.15) is 0 Å². The number of aromatic nitrogens is 5. The van der Waals surface area contributed by atoms with Crippen LogP contribution in [0.2, 0.25) is 0 Å². The van der Waals surface area contributed by atoms with Gasteiger partial charge in [-0.1, -0.05) is 30.4 Å². The molecule has 9 heteroatoms. The first-order chi connectivity index (χ1) is 19.4. The lowest BCUT2D eigenvalue weighted by molar-refractivity contribution is 0.102. The van der Waals surface area contributed by atoms with Crippen molar-refractivity contribution in [3.8, 4) is 11.4 Å². The number of amides is 1. The number of aromatic amines is 3. The van der Waals surface area contributed by atoms with Crippen molar-refractivity contribution in [2.24, 2.45) is 0 Å². The number of hydrogen-bond donors (Lipinski definition) is 6. The largest absolute Gasteiger partial charge is 0.387 e. The average molecular weight is 533 g/mol. The molecule has 3 aromatic heterocycles. The third kappa shape index (κ3) is 5.13. The summed E-state index contributed by atoms with van der Waals surface area (Å²) in [6, 6.07) is 12.3. The van der Waals surface area contributed by atoms with E-state index in [4.69, 9.17) is 0 Å². The van der Waals surface area contributed by atoms with Crippen molar-refractivity contribution >= 4 is 33.8 Å². The number of allylic oxidation sites excluding steroid dienone is 1. The van der Waals surface area contributed by atoms with E-state index in [-0.39, 0.29) is 5.91 Å². The maximum Gasteiger partial charge on any atom is 0.276 e. The molecule has 5 aromatic rings. The molecule has 202 valence electrons. The van der Waals surface area contributed by atoms with E-state index in [0.29, 0.717) is 17.3 Å². The van der Waals surface area contributed by atoms with Gasteiger partial charge in [0.15, 0.2) is 0 Å². The third-order valence-electron chi connectivity index (χ3n) is 7.25. The molecular weight excluding hydrogens is 500 g/mol. The Morgan fingerprint density at radius 2 is 2.00 bits per heavy atom. The molecule has 0 saturated heterocycles. The Hall–Kier alpha value is -5.05. The van der Waals surface area contributed by atoms with Gasteiger partial charge < -0.3 is 25.6 Å². The van der Waals surface area contributed by atoms with E-state index < -0.39 is 0 Å². The van der Waals surface area contributed by atoms with Gasteiger partial charge in [0, 0.05) is 29.7 Å². The monoisotopic (exact) mass is 532 g/mol. The number of nitrogens with one attached hydrogen (secondary N) is 6. The Bertz CT molecular complexity index is 1800. The molecule has 0 radical (unpaired) electrons. The van der Waals surface area contributed by atoms with Gasteiger partial charge in [0.25, 0.3) is 5.91 Å². The van der Waals surface area contributed by atoms with Gasteiger partial charge in [-0.05, 0) is 79.9 Å².